The van der Waals surface area contributed by atoms with Crippen LogP contribution >= 0.6 is 23.4 Å². The minimum Gasteiger partial charge on any atom is -0.301 e. The molecule has 1 amide bonds. The molecule has 0 aromatic carbocycles. The van der Waals surface area contributed by atoms with Crippen molar-refractivity contribution < 1.29 is 4.79 Å². The Labute approximate surface area is 139 Å². The van der Waals surface area contributed by atoms with Crippen LogP contribution in [0.25, 0.3) is 6.08 Å². The van der Waals surface area contributed by atoms with E-state index in [-0.39, 0.29) is 5.91 Å². The molecule has 1 aromatic heterocycles. The highest BCUT2D eigenvalue weighted by Crippen LogP contribution is 2.28. The molecule has 0 bridgehead atoms. The van der Waals surface area contributed by atoms with Crippen LogP contribution in [0.5, 0.6) is 0 Å². The van der Waals surface area contributed by atoms with Crippen LogP contribution in [0.1, 0.15) is 37.7 Å². The second-order valence-corrected chi connectivity index (χ2v) is 6.93. The lowest BCUT2D eigenvalue weighted by atomic mass is 9.96. The Morgan fingerprint density at radius 1 is 1.45 bits per heavy atom. The second kappa shape index (κ2) is 7.33. The summed E-state index contributed by atoms with van der Waals surface area (Å²) in [5, 5.41) is 7.80. The van der Waals surface area contributed by atoms with E-state index in [9.17, 15) is 4.79 Å². The van der Waals surface area contributed by atoms with Gasteiger partial charge in [0.15, 0.2) is 5.17 Å². The molecule has 5 nitrogen and oxygen atoms in total. The summed E-state index contributed by atoms with van der Waals surface area (Å²) in [6.07, 6.45) is 11.5. The number of hydrogen-bond donors (Lipinski definition) is 1. The number of carbonyl (C=O) groups is 1. The minimum atomic E-state index is -0.0790. The molecule has 0 unspecified atom stereocenters. The summed E-state index contributed by atoms with van der Waals surface area (Å²) in [5.41, 5.74) is 0.904. The molecule has 1 saturated carbocycles. The molecule has 2 heterocycles. The number of nitrogens with one attached hydrogen (secondary N) is 1. The quantitative estimate of drug-likeness (QED) is 0.678. The fourth-order valence-corrected chi connectivity index (χ4v) is 3.74. The number of carbonyl (C=O) groups excluding carboxylic acids is 1. The molecule has 1 N–H and O–H groups in total. The number of aryl methyl sites for hydroxylation is 1. The number of halogens is 1. The van der Waals surface area contributed by atoms with E-state index in [1.54, 1.807) is 10.9 Å². The van der Waals surface area contributed by atoms with Crippen molar-refractivity contribution in [3.8, 4) is 0 Å². The molecule has 1 aliphatic heterocycles. The number of hydrogen-bond acceptors (Lipinski definition) is 4. The molecule has 1 aliphatic carbocycles. The Bertz CT molecular complexity index is 604. The third kappa shape index (κ3) is 3.93. The first-order chi connectivity index (χ1) is 10.7. The number of rotatable bonds is 4. The van der Waals surface area contributed by atoms with Gasteiger partial charge in [0.1, 0.15) is 0 Å². The molecule has 3 rings (SSSR count). The number of amidine groups is 1. The van der Waals surface area contributed by atoms with Crippen molar-refractivity contribution in [3.63, 3.8) is 0 Å². The summed E-state index contributed by atoms with van der Waals surface area (Å²) in [6, 6.07) is 0.363. The van der Waals surface area contributed by atoms with Crippen molar-refractivity contribution in [1.82, 2.24) is 15.1 Å². The van der Waals surface area contributed by atoms with E-state index in [1.807, 2.05) is 12.3 Å². The summed E-state index contributed by atoms with van der Waals surface area (Å²) in [7, 11) is 0. The summed E-state index contributed by atoms with van der Waals surface area (Å²) in [5.74, 6) is 0.440. The predicted molar refractivity (Wildman–Crippen MR) is 91.0 cm³/mol. The van der Waals surface area contributed by atoms with Crippen LogP contribution in [0.4, 0.5) is 0 Å². The molecule has 7 heteroatoms. The zero-order valence-electron chi connectivity index (χ0n) is 12.3. The van der Waals surface area contributed by atoms with Crippen molar-refractivity contribution in [1.29, 1.82) is 0 Å². The first-order valence-electron chi connectivity index (χ1n) is 7.62. The highest BCUT2D eigenvalue weighted by Gasteiger charge is 2.25. The lowest BCUT2D eigenvalue weighted by Crippen LogP contribution is -2.22. The Morgan fingerprint density at radius 3 is 3.05 bits per heavy atom. The topological polar surface area (TPSA) is 59.3 Å². The number of aliphatic imine (C=N–C) groups is 1. The van der Waals surface area contributed by atoms with Crippen LogP contribution < -0.4 is 5.32 Å². The van der Waals surface area contributed by atoms with E-state index in [0.29, 0.717) is 23.4 Å². The van der Waals surface area contributed by atoms with Gasteiger partial charge in [0, 0.05) is 17.6 Å². The van der Waals surface area contributed by atoms with Gasteiger partial charge in [0.25, 0.3) is 5.91 Å². The lowest BCUT2D eigenvalue weighted by Gasteiger charge is -2.17. The normalized spacial score (nSPS) is 23.4. The predicted octanol–water partition coefficient (Wildman–Crippen LogP) is 3.01. The molecule has 2 fully saturated rings. The molecule has 1 saturated heterocycles. The van der Waals surface area contributed by atoms with Crippen LogP contribution in [-0.2, 0) is 11.3 Å². The fourth-order valence-electron chi connectivity index (χ4n) is 2.68. The van der Waals surface area contributed by atoms with E-state index in [4.69, 9.17) is 11.6 Å². The Hall–Kier alpha value is -1.27. The van der Waals surface area contributed by atoms with Gasteiger partial charge in [-0.1, -0.05) is 19.3 Å². The van der Waals surface area contributed by atoms with Gasteiger partial charge in [-0.3, -0.25) is 14.5 Å². The van der Waals surface area contributed by atoms with Gasteiger partial charge >= 0.3 is 0 Å². The van der Waals surface area contributed by atoms with Crippen LogP contribution in [-0.4, -0.2) is 32.8 Å². The summed E-state index contributed by atoms with van der Waals surface area (Å²) < 4.78 is 1.77. The van der Waals surface area contributed by atoms with Crippen LogP contribution in [0.2, 0.25) is 0 Å². The Balaban J connectivity index is 1.68. The first kappa shape index (κ1) is 15.6. The van der Waals surface area contributed by atoms with Crippen molar-refractivity contribution in [2.45, 2.75) is 44.7 Å². The number of nitrogens with zero attached hydrogens (tertiary/aromatic N) is 3. The van der Waals surface area contributed by atoms with Gasteiger partial charge in [0.05, 0.1) is 23.7 Å². The van der Waals surface area contributed by atoms with E-state index >= 15 is 0 Å². The Kier molecular flexibility index (Phi) is 5.20. The van der Waals surface area contributed by atoms with Gasteiger partial charge in [-0.15, -0.1) is 11.6 Å². The molecule has 118 valence electrons. The van der Waals surface area contributed by atoms with Crippen molar-refractivity contribution in [2.24, 2.45) is 4.99 Å². The first-order valence-corrected chi connectivity index (χ1v) is 8.97. The van der Waals surface area contributed by atoms with Crippen LogP contribution in [0.15, 0.2) is 22.3 Å². The largest absolute Gasteiger partial charge is 0.301 e. The standard InChI is InChI=1S/C15H19ClN4OS/c16-6-7-20-10-11(9-17-20)8-13-14(21)19-15(22-13)18-12-4-2-1-3-5-12/h8-10,12H,1-7H2,(H,18,19,21). The minimum absolute atomic E-state index is 0.0790. The molecular weight excluding hydrogens is 320 g/mol. The zero-order chi connectivity index (χ0) is 15.4. The monoisotopic (exact) mass is 338 g/mol. The number of thioether (sulfide) groups is 1. The van der Waals surface area contributed by atoms with Crippen LogP contribution in [0, 0.1) is 0 Å². The van der Waals surface area contributed by atoms with Crippen molar-refractivity contribution in [3.05, 3.63) is 22.9 Å². The number of aromatic nitrogens is 2. The maximum absolute atomic E-state index is 12.0. The average molecular weight is 339 g/mol. The maximum Gasteiger partial charge on any atom is 0.264 e. The SMILES string of the molecule is O=C1NC(=NC2CCCCC2)SC1=Cc1cnn(CCCl)c1. The van der Waals surface area contributed by atoms with E-state index in [2.05, 4.69) is 15.4 Å². The molecule has 0 spiro atoms. The number of alkyl halides is 1. The third-order valence-corrected chi connectivity index (χ3v) is 4.88. The third-order valence-electron chi connectivity index (χ3n) is 3.79. The highest BCUT2D eigenvalue weighted by atomic mass is 35.5. The summed E-state index contributed by atoms with van der Waals surface area (Å²) in [4.78, 5) is 17.4. The van der Waals surface area contributed by atoms with E-state index in [1.165, 1.54) is 31.0 Å². The fraction of sp³-hybridized carbons (Fsp3) is 0.533. The number of amides is 1. The zero-order valence-corrected chi connectivity index (χ0v) is 13.9. The maximum atomic E-state index is 12.0. The average Bonchev–Trinajstić information content (AvgIpc) is 3.08. The van der Waals surface area contributed by atoms with Crippen molar-refractivity contribution in [2.75, 3.05) is 5.88 Å². The van der Waals surface area contributed by atoms with Gasteiger partial charge in [0.2, 0.25) is 0 Å². The van der Waals surface area contributed by atoms with E-state index in [0.717, 1.165) is 23.6 Å². The van der Waals surface area contributed by atoms with Crippen molar-refractivity contribution >= 4 is 40.5 Å². The highest BCUT2D eigenvalue weighted by molar-refractivity contribution is 8.18. The molecule has 2 aliphatic rings. The van der Waals surface area contributed by atoms with Gasteiger partial charge in [-0.25, -0.2) is 0 Å². The molecule has 0 radical (unpaired) electrons. The molecular formula is C15H19ClN4OS. The molecule has 22 heavy (non-hydrogen) atoms. The lowest BCUT2D eigenvalue weighted by molar-refractivity contribution is -0.115. The summed E-state index contributed by atoms with van der Waals surface area (Å²) >= 11 is 7.11. The summed E-state index contributed by atoms with van der Waals surface area (Å²) in [6.45, 7) is 0.665. The van der Waals surface area contributed by atoms with Gasteiger partial charge < -0.3 is 5.32 Å². The van der Waals surface area contributed by atoms with E-state index < -0.39 is 0 Å². The van der Waals surface area contributed by atoms with Gasteiger partial charge in [-0.2, -0.15) is 5.10 Å². The molecule has 0 atom stereocenters. The molecule has 1 aromatic rings. The Morgan fingerprint density at radius 2 is 2.27 bits per heavy atom. The second-order valence-electron chi connectivity index (χ2n) is 5.52. The van der Waals surface area contributed by atoms with Gasteiger partial charge in [-0.05, 0) is 30.7 Å². The smallest absolute Gasteiger partial charge is 0.264 e. The van der Waals surface area contributed by atoms with Crippen LogP contribution in [0.3, 0.4) is 0 Å².